The zero-order chi connectivity index (χ0) is 8.69. The number of nitrogens with one attached hydrogen (secondary N) is 2. The van der Waals surface area contributed by atoms with Gasteiger partial charge in [-0.1, -0.05) is 29.6 Å². The molecule has 0 aromatic rings. The van der Waals surface area contributed by atoms with Crippen LogP contribution in [0.5, 0.6) is 0 Å². The molecule has 0 spiro atoms. The van der Waals surface area contributed by atoms with E-state index in [1.807, 2.05) is 0 Å². The first-order valence-electron chi connectivity index (χ1n) is 2.75. The van der Waals surface area contributed by atoms with Crippen molar-refractivity contribution in [2.45, 2.75) is 0 Å². The van der Waals surface area contributed by atoms with Gasteiger partial charge in [0.15, 0.2) is 10.3 Å². The van der Waals surface area contributed by atoms with Crippen molar-refractivity contribution in [3.8, 4) is 0 Å². The SMILES string of the molecule is N=C(N)SC=CCSC(=N)N. The summed E-state index contributed by atoms with van der Waals surface area (Å²) in [6.45, 7) is 0. The van der Waals surface area contributed by atoms with E-state index in [1.54, 1.807) is 11.5 Å². The van der Waals surface area contributed by atoms with Crippen LogP contribution in [0.1, 0.15) is 0 Å². The summed E-state index contributed by atoms with van der Waals surface area (Å²) in [6.07, 6.45) is 1.80. The summed E-state index contributed by atoms with van der Waals surface area (Å²) < 4.78 is 0. The van der Waals surface area contributed by atoms with Crippen LogP contribution in [-0.4, -0.2) is 16.1 Å². The van der Waals surface area contributed by atoms with Crippen molar-refractivity contribution >= 4 is 33.9 Å². The van der Waals surface area contributed by atoms with Crippen LogP contribution in [0.25, 0.3) is 0 Å². The molecule has 0 saturated carbocycles. The van der Waals surface area contributed by atoms with Gasteiger partial charge in [0.1, 0.15) is 0 Å². The lowest BCUT2D eigenvalue weighted by Crippen LogP contribution is -2.03. The van der Waals surface area contributed by atoms with Crippen molar-refractivity contribution < 1.29 is 0 Å². The lowest BCUT2D eigenvalue weighted by Gasteiger charge is -1.90. The molecule has 0 radical (unpaired) electrons. The first-order chi connectivity index (χ1) is 5.13. The molecule has 0 aromatic heterocycles. The summed E-state index contributed by atoms with van der Waals surface area (Å²) in [6, 6.07) is 0. The van der Waals surface area contributed by atoms with Crippen molar-refractivity contribution in [2.75, 3.05) is 5.75 Å². The maximum absolute atomic E-state index is 6.85. The monoisotopic (exact) mass is 190 g/mol. The molecule has 0 aliphatic heterocycles. The van der Waals surface area contributed by atoms with Gasteiger partial charge in [0.2, 0.25) is 0 Å². The minimum absolute atomic E-state index is 0.0640. The van der Waals surface area contributed by atoms with E-state index in [0.717, 1.165) is 11.8 Å². The third-order valence-electron chi connectivity index (χ3n) is 0.626. The van der Waals surface area contributed by atoms with E-state index in [2.05, 4.69) is 0 Å². The van der Waals surface area contributed by atoms with Crippen molar-refractivity contribution in [2.24, 2.45) is 11.5 Å². The fourth-order valence-corrected chi connectivity index (χ4v) is 1.13. The highest BCUT2D eigenvalue weighted by molar-refractivity contribution is 8.16. The van der Waals surface area contributed by atoms with Crippen LogP contribution in [0.15, 0.2) is 11.5 Å². The molecule has 0 bridgehead atoms. The Kier molecular flexibility index (Phi) is 5.77. The lowest BCUT2D eigenvalue weighted by molar-refractivity contribution is 1.50. The largest absolute Gasteiger partial charge is 0.379 e. The normalized spacial score (nSPS) is 10.2. The predicted octanol–water partition coefficient (Wildman–Crippen LogP) is 0.753. The molecule has 0 aromatic carbocycles. The molecule has 6 N–H and O–H groups in total. The zero-order valence-corrected chi connectivity index (χ0v) is 7.47. The molecule has 6 heteroatoms. The Morgan fingerprint density at radius 1 is 1.27 bits per heavy atom. The van der Waals surface area contributed by atoms with Crippen LogP contribution < -0.4 is 11.5 Å². The molecule has 11 heavy (non-hydrogen) atoms. The number of thioether (sulfide) groups is 2. The van der Waals surface area contributed by atoms with Crippen molar-refractivity contribution in [3.05, 3.63) is 11.5 Å². The Labute approximate surface area is 73.8 Å². The standard InChI is InChI=1S/C5H10N4S2/c6-4(7)10-2-1-3-11-5(8)9/h1-2H,3H2,(H3,6,7)(H3,8,9). The van der Waals surface area contributed by atoms with Gasteiger partial charge in [-0.05, 0) is 5.41 Å². The molecule has 4 nitrogen and oxygen atoms in total. The number of hydrogen-bond donors (Lipinski definition) is 4. The first-order valence-corrected chi connectivity index (χ1v) is 4.62. The van der Waals surface area contributed by atoms with Gasteiger partial charge in [0.05, 0.1) is 0 Å². The van der Waals surface area contributed by atoms with Crippen molar-refractivity contribution in [3.63, 3.8) is 0 Å². The van der Waals surface area contributed by atoms with Crippen LogP contribution in [0.2, 0.25) is 0 Å². The quantitative estimate of drug-likeness (QED) is 0.390. The number of amidine groups is 2. The van der Waals surface area contributed by atoms with Crippen LogP contribution in [0.4, 0.5) is 0 Å². The highest BCUT2D eigenvalue weighted by atomic mass is 32.2. The minimum atomic E-state index is 0.0640. The molecule has 0 atom stereocenters. The summed E-state index contributed by atoms with van der Waals surface area (Å²) in [7, 11) is 0. The minimum Gasteiger partial charge on any atom is -0.379 e. The summed E-state index contributed by atoms with van der Waals surface area (Å²) >= 11 is 2.37. The molecular weight excluding hydrogens is 180 g/mol. The van der Waals surface area contributed by atoms with Gasteiger partial charge in [-0.2, -0.15) is 0 Å². The molecule has 0 aliphatic rings. The highest BCUT2D eigenvalue weighted by Crippen LogP contribution is 2.03. The first kappa shape index (κ1) is 10.4. The fourth-order valence-electron chi connectivity index (χ4n) is 0.299. The maximum Gasteiger partial charge on any atom is 0.155 e. The lowest BCUT2D eigenvalue weighted by atomic mass is 10.8. The second-order valence-electron chi connectivity index (χ2n) is 1.53. The second kappa shape index (κ2) is 6.11. The third-order valence-corrected chi connectivity index (χ3v) is 1.88. The molecule has 62 valence electrons. The van der Waals surface area contributed by atoms with Gasteiger partial charge >= 0.3 is 0 Å². The fraction of sp³-hybridized carbons (Fsp3) is 0.200. The van der Waals surface area contributed by atoms with E-state index in [9.17, 15) is 0 Å². The van der Waals surface area contributed by atoms with Crippen molar-refractivity contribution in [1.29, 1.82) is 10.8 Å². The molecule has 0 aliphatic carbocycles. The maximum atomic E-state index is 6.85. The summed E-state index contributed by atoms with van der Waals surface area (Å²) in [5, 5.41) is 15.5. The Balaban J connectivity index is 3.30. The summed E-state index contributed by atoms with van der Waals surface area (Å²) in [5.41, 5.74) is 10.1. The number of hydrogen-bond acceptors (Lipinski definition) is 4. The number of rotatable bonds is 3. The molecule has 0 rings (SSSR count). The Bertz CT molecular complexity index is 177. The van der Waals surface area contributed by atoms with Crippen LogP contribution in [0.3, 0.4) is 0 Å². The van der Waals surface area contributed by atoms with E-state index in [1.165, 1.54) is 11.8 Å². The van der Waals surface area contributed by atoms with Gasteiger partial charge < -0.3 is 11.5 Å². The van der Waals surface area contributed by atoms with Crippen molar-refractivity contribution in [1.82, 2.24) is 0 Å². The number of nitrogens with two attached hydrogens (primary N) is 2. The van der Waals surface area contributed by atoms with Gasteiger partial charge in [0.25, 0.3) is 0 Å². The molecule has 0 fully saturated rings. The average Bonchev–Trinajstić information content (AvgIpc) is 1.85. The van der Waals surface area contributed by atoms with Crippen LogP contribution in [-0.2, 0) is 0 Å². The van der Waals surface area contributed by atoms with E-state index in [0.29, 0.717) is 5.75 Å². The zero-order valence-electron chi connectivity index (χ0n) is 5.83. The van der Waals surface area contributed by atoms with E-state index in [4.69, 9.17) is 22.3 Å². The smallest absolute Gasteiger partial charge is 0.155 e. The van der Waals surface area contributed by atoms with Gasteiger partial charge in [-0.25, -0.2) is 0 Å². The van der Waals surface area contributed by atoms with E-state index < -0.39 is 0 Å². The predicted molar refractivity (Wildman–Crippen MR) is 53.0 cm³/mol. The van der Waals surface area contributed by atoms with E-state index >= 15 is 0 Å². The third kappa shape index (κ3) is 9.38. The molecule has 0 unspecified atom stereocenters. The van der Waals surface area contributed by atoms with E-state index in [-0.39, 0.29) is 10.3 Å². The van der Waals surface area contributed by atoms with Gasteiger partial charge in [-0.3, -0.25) is 10.8 Å². The molecule has 0 heterocycles. The second-order valence-corrected chi connectivity index (χ2v) is 3.54. The highest BCUT2D eigenvalue weighted by Gasteiger charge is 1.86. The molecule has 0 amide bonds. The topological polar surface area (TPSA) is 99.7 Å². The molecular formula is C5H10N4S2. The Hall–Kier alpha value is -0.620. The summed E-state index contributed by atoms with van der Waals surface area (Å²) in [5.74, 6) is 0.648. The Morgan fingerprint density at radius 2 is 1.91 bits per heavy atom. The van der Waals surface area contributed by atoms with Gasteiger partial charge in [0, 0.05) is 5.75 Å². The van der Waals surface area contributed by atoms with Crippen LogP contribution in [0, 0.1) is 10.8 Å². The Morgan fingerprint density at radius 3 is 2.36 bits per heavy atom. The van der Waals surface area contributed by atoms with Crippen LogP contribution >= 0.6 is 23.5 Å². The summed E-state index contributed by atoms with van der Waals surface area (Å²) in [4.78, 5) is 0. The molecule has 0 saturated heterocycles. The average molecular weight is 190 g/mol. The van der Waals surface area contributed by atoms with Gasteiger partial charge in [-0.15, -0.1) is 0 Å².